The van der Waals surface area contributed by atoms with Crippen molar-refractivity contribution in [3.63, 3.8) is 0 Å². The Hall–Kier alpha value is -1.51. The number of para-hydroxylation sites is 1. The highest BCUT2D eigenvalue weighted by molar-refractivity contribution is 5.90. The van der Waals surface area contributed by atoms with Crippen LogP contribution < -0.4 is 4.90 Å². The number of anilines is 1. The van der Waals surface area contributed by atoms with E-state index < -0.39 is 0 Å². The van der Waals surface area contributed by atoms with Crippen LogP contribution in [0.4, 0.5) is 10.5 Å². The van der Waals surface area contributed by atoms with E-state index in [0.29, 0.717) is 5.92 Å². The van der Waals surface area contributed by atoms with Gasteiger partial charge in [0.2, 0.25) is 0 Å². The fourth-order valence-corrected chi connectivity index (χ4v) is 2.13. The molecule has 0 spiro atoms. The highest BCUT2D eigenvalue weighted by Crippen LogP contribution is 2.37. The second-order valence-corrected chi connectivity index (χ2v) is 3.74. The summed E-state index contributed by atoms with van der Waals surface area (Å²) in [5.74, 6) is 0.445. The fourth-order valence-electron chi connectivity index (χ4n) is 2.13. The van der Waals surface area contributed by atoms with Crippen LogP contribution in [0.15, 0.2) is 24.3 Å². The van der Waals surface area contributed by atoms with Crippen molar-refractivity contribution in [3.8, 4) is 0 Å². The Balaban J connectivity index is 2.37. The van der Waals surface area contributed by atoms with E-state index in [9.17, 15) is 4.79 Å². The van der Waals surface area contributed by atoms with Gasteiger partial charge in [-0.3, -0.25) is 4.90 Å². The van der Waals surface area contributed by atoms with Crippen LogP contribution in [0.3, 0.4) is 0 Å². The molecule has 15 heavy (non-hydrogen) atoms. The van der Waals surface area contributed by atoms with Crippen LogP contribution in [0.1, 0.15) is 24.8 Å². The van der Waals surface area contributed by atoms with Crippen molar-refractivity contribution in [2.24, 2.45) is 0 Å². The third-order valence-corrected chi connectivity index (χ3v) is 2.96. The van der Waals surface area contributed by atoms with Gasteiger partial charge in [-0.1, -0.05) is 25.1 Å². The largest absolute Gasteiger partial charge is 0.452 e. The predicted octanol–water partition coefficient (Wildman–Crippen LogP) is 2.77. The van der Waals surface area contributed by atoms with Crippen LogP contribution in [-0.4, -0.2) is 19.7 Å². The van der Waals surface area contributed by atoms with Gasteiger partial charge in [0, 0.05) is 12.5 Å². The monoisotopic (exact) mass is 205 g/mol. The lowest BCUT2D eigenvalue weighted by molar-refractivity contribution is 0.179. The Labute approximate surface area is 89.7 Å². The van der Waals surface area contributed by atoms with Gasteiger partial charge in [0.1, 0.15) is 0 Å². The van der Waals surface area contributed by atoms with E-state index in [0.717, 1.165) is 18.7 Å². The lowest BCUT2D eigenvalue weighted by Gasteiger charge is -2.15. The molecular formula is C12H15NO2. The summed E-state index contributed by atoms with van der Waals surface area (Å²) in [5.41, 5.74) is 2.25. The van der Waals surface area contributed by atoms with Gasteiger partial charge >= 0.3 is 6.09 Å². The SMILES string of the molecule is CCC1CN(C(=O)OC)c2ccccc21. The van der Waals surface area contributed by atoms with E-state index in [1.54, 1.807) is 4.90 Å². The summed E-state index contributed by atoms with van der Waals surface area (Å²) in [7, 11) is 1.42. The fraction of sp³-hybridized carbons (Fsp3) is 0.417. The number of hydrogen-bond acceptors (Lipinski definition) is 2. The van der Waals surface area contributed by atoms with Crippen LogP contribution in [0.5, 0.6) is 0 Å². The molecule has 1 unspecified atom stereocenters. The number of carbonyl (C=O) groups is 1. The van der Waals surface area contributed by atoms with Gasteiger partial charge in [-0.2, -0.15) is 0 Å². The van der Waals surface area contributed by atoms with E-state index in [1.807, 2.05) is 18.2 Å². The van der Waals surface area contributed by atoms with Crippen molar-refractivity contribution in [1.29, 1.82) is 0 Å². The van der Waals surface area contributed by atoms with E-state index >= 15 is 0 Å². The summed E-state index contributed by atoms with van der Waals surface area (Å²) in [6.07, 6.45) is 0.781. The highest BCUT2D eigenvalue weighted by Gasteiger charge is 2.31. The molecule has 0 saturated carbocycles. The van der Waals surface area contributed by atoms with E-state index in [-0.39, 0.29) is 6.09 Å². The molecule has 80 valence electrons. The molecule has 2 rings (SSSR count). The molecule has 1 aromatic carbocycles. The van der Waals surface area contributed by atoms with Crippen molar-refractivity contribution in [2.45, 2.75) is 19.3 Å². The van der Waals surface area contributed by atoms with Crippen LogP contribution >= 0.6 is 0 Å². The lowest BCUT2D eigenvalue weighted by atomic mass is 9.99. The number of carbonyl (C=O) groups excluding carboxylic acids is 1. The van der Waals surface area contributed by atoms with Crippen LogP contribution in [0, 0.1) is 0 Å². The molecule has 3 heteroatoms. The number of rotatable bonds is 1. The van der Waals surface area contributed by atoms with E-state index in [2.05, 4.69) is 13.0 Å². The maximum absolute atomic E-state index is 11.5. The molecule has 1 aliphatic heterocycles. The van der Waals surface area contributed by atoms with Crippen molar-refractivity contribution in [3.05, 3.63) is 29.8 Å². The number of methoxy groups -OCH3 is 1. The number of benzene rings is 1. The Kier molecular flexibility index (Phi) is 2.62. The summed E-state index contributed by atoms with van der Waals surface area (Å²) in [4.78, 5) is 13.3. The Bertz CT molecular complexity index is 376. The molecule has 0 N–H and O–H groups in total. The van der Waals surface area contributed by atoms with Crippen molar-refractivity contribution >= 4 is 11.8 Å². The molecule has 0 radical (unpaired) electrons. The van der Waals surface area contributed by atoms with E-state index in [4.69, 9.17) is 4.74 Å². The molecule has 1 aliphatic rings. The standard InChI is InChI=1S/C12H15NO2/c1-3-9-8-13(12(14)15-2)11-7-5-4-6-10(9)11/h4-7,9H,3,8H2,1-2H3. The van der Waals surface area contributed by atoms with Gasteiger partial charge in [0.25, 0.3) is 0 Å². The van der Waals surface area contributed by atoms with Crippen LogP contribution in [0.2, 0.25) is 0 Å². The van der Waals surface area contributed by atoms with Crippen molar-refractivity contribution in [1.82, 2.24) is 0 Å². The van der Waals surface area contributed by atoms with Crippen molar-refractivity contribution < 1.29 is 9.53 Å². The second kappa shape index (κ2) is 3.93. The summed E-state index contributed by atoms with van der Waals surface area (Å²) >= 11 is 0. The average molecular weight is 205 g/mol. The Morgan fingerprint density at radius 3 is 2.93 bits per heavy atom. The first-order chi connectivity index (χ1) is 7.27. The quantitative estimate of drug-likeness (QED) is 0.705. The summed E-state index contributed by atoms with van der Waals surface area (Å²) in [5, 5.41) is 0. The third kappa shape index (κ3) is 1.58. The molecule has 0 aromatic heterocycles. The second-order valence-electron chi connectivity index (χ2n) is 3.74. The van der Waals surface area contributed by atoms with Crippen LogP contribution in [-0.2, 0) is 4.74 Å². The molecule has 1 amide bonds. The lowest BCUT2D eigenvalue weighted by Crippen LogP contribution is -2.29. The molecule has 0 saturated heterocycles. The summed E-state index contributed by atoms with van der Waals surface area (Å²) in [6, 6.07) is 8.03. The topological polar surface area (TPSA) is 29.5 Å². The molecule has 0 fully saturated rings. The maximum atomic E-state index is 11.5. The zero-order valence-electron chi connectivity index (χ0n) is 9.06. The third-order valence-electron chi connectivity index (χ3n) is 2.96. The normalized spacial score (nSPS) is 18.8. The minimum absolute atomic E-state index is 0.265. The molecular weight excluding hydrogens is 190 g/mol. The smallest absolute Gasteiger partial charge is 0.414 e. The molecule has 3 nitrogen and oxygen atoms in total. The minimum atomic E-state index is -0.265. The Morgan fingerprint density at radius 1 is 1.53 bits per heavy atom. The molecule has 1 atom stereocenters. The Morgan fingerprint density at radius 2 is 2.27 bits per heavy atom. The summed E-state index contributed by atoms with van der Waals surface area (Å²) in [6.45, 7) is 2.88. The first-order valence-corrected chi connectivity index (χ1v) is 5.22. The number of nitrogens with zero attached hydrogens (tertiary/aromatic N) is 1. The van der Waals surface area contributed by atoms with Gasteiger partial charge in [-0.25, -0.2) is 4.79 Å². The highest BCUT2D eigenvalue weighted by atomic mass is 16.5. The molecule has 0 aliphatic carbocycles. The van der Waals surface area contributed by atoms with Gasteiger partial charge in [0.15, 0.2) is 0 Å². The number of hydrogen-bond donors (Lipinski definition) is 0. The van der Waals surface area contributed by atoms with Gasteiger partial charge in [0.05, 0.1) is 12.8 Å². The van der Waals surface area contributed by atoms with Gasteiger partial charge in [-0.05, 0) is 18.1 Å². The van der Waals surface area contributed by atoms with E-state index in [1.165, 1.54) is 12.7 Å². The zero-order valence-corrected chi connectivity index (χ0v) is 9.06. The number of amides is 1. The van der Waals surface area contributed by atoms with Crippen LogP contribution in [0.25, 0.3) is 0 Å². The number of fused-ring (bicyclic) bond motifs is 1. The molecule has 1 heterocycles. The average Bonchev–Trinajstić information content (AvgIpc) is 2.67. The summed E-state index contributed by atoms with van der Waals surface area (Å²) < 4.78 is 4.77. The first-order valence-electron chi connectivity index (χ1n) is 5.22. The van der Waals surface area contributed by atoms with Gasteiger partial charge in [-0.15, -0.1) is 0 Å². The first kappa shape index (κ1) is 10.0. The maximum Gasteiger partial charge on any atom is 0.414 e. The zero-order chi connectivity index (χ0) is 10.8. The van der Waals surface area contributed by atoms with Gasteiger partial charge < -0.3 is 4.74 Å². The number of ether oxygens (including phenoxy) is 1. The minimum Gasteiger partial charge on any atom is -0.452 e. The predicted molar refractivity (Wildman–Crippen MR) is 59.2 cm³/mol. The van der Waals surface area contributed by atoms with Crippen molar-refractivity contribution in [2.75, 3.05) is 18.6 Å². The molecule has 0 bridgehead atoms. The molecule has 1 aromatic rings.